The highest BCUT2D eigenvalue weighted by atomic mass is 32.2. The topological polar surface area (TPSA) is 80.5 Å². The third kappa shape index (κ3) is 3.06. The molecule has 0 aliphatic carbocycles. The number of fused-ring (bicyclic) bond motifs is 1. The summed E-state index contributed by atoms with van der Waals surface area (Å²) in [5, 5.41) is 13.3. The summed E-state index contributed by atoms with van der Waals surface area (Å²) in [6.07, 6.45) is 3.17. The molecule has 0 amide bonds. The van der Waals surface area contributed by atoms with Crippen molar-refractivity contribution < 1.29 is 8.42 Å². The number of piperidine rings is 1. The number of aromatic nitrogens is 4. The molecule has 126 valence electrons. The number of hydrogen-bond donors (Lipinski definition) is 0. The molecule has 3 heterocycles. The van der Waals surface area contributed by atoms with E-state index in [4.69, 9.17) is 0 Å². The fourth-order valence-electron chi connectivity index (χ4n) is 3.00. The first-order chi connectivity index (χ1) is 11.6. The van der Waals surface area contributed by atoms with E-state index in [1.807, 2.05) is 30.3 Å². The van der Waals surface area contributed by atoms with Crippen molar-refractivity contribution in [3.8, 4) is 0 Å². The van der Waals surface area contributed by atoms with Crippen molar-refractivity contribution in [2.24, 2.45) is 0 Å². The van der Waals surface area contributed by atoms with Crippen LogP contribution < -0.4 is 0 Å². The highest BCUT2D eigenvalue weighted by Gasteiger charge is 2.30. The van der Waals surface area contributed by atoms with E-state index in [-0.39, 0.29) is 5.75 Å². The molecule has 0 radical (unpaired) electrons. The van der Waals surface area contributed by atoms with E-state index in [1.54, 1.807) is 15.1 Å². The molecular formula is C15H17N5O2S2. The van der Waals surface area contributed by atoms with Crippen LogP contribution in [0.1, 0.15) is 29.3 Å². The Morgan fingerprint density at radius 3 is 2.62 bits per heavy atom. The zero-order chi connectivity index (χ0) is 16.6. The summed E-state index contributed by atoms with van der Waals surface area (Å²) in [7, 11) is -3.27. The molecule has 7 nitrogen and oxygen atoms in total. The summed E-state index contributed by atoms with van der Waals surface area (Å²) in [5.74, 6) is 0.356. The predicted molar refractivity (Wildman–Crippen MR) is 91.3 cm³/mol. The molecule has 0 spiro atoms. The third-order valence-corrected chi connectivity index (χ3v) is 7.22. The van der Waals surface area contributed by atoms with Gasteiger partial charge in [-0.1, -0.05) is 41.7 Å². The molecule has 3 aromatic rings. The number of sulfonamides is 1. The van der Waals surface area contributed by atoms with E-state index in [2.05, 4.69) is 15.3 Å². The van der Waals surface area contributed by atoms with Crippen LogP contribution in [0.15, 0.2) is 36.7 Å². The fourth-order valence-corrected chi connectivity index (χ4v) is 5.55. The monoisotopic (exact) mass is 363 g/mol. The molecule has 9 heteroatoms. The zero-order valence-corrected chi connectivity index (χ0v) is 14.6. The van der Waals surface area contributed by atoms with Crippen LogP contribution in [-0.4, -0.2) is 45.6 Å². The quantitative estimate of drug-likeness (QED) is 0.707. The first-order valence-corrected chi connectivity index (χ1v) is 10.2. The van der Waals surface area contributed by atoms with Gasteiger partial charge in [-0.3, -0.25) is 0 Å². The highest BCUT2D eigenvalue weighted by Crippen LogP contribution is 2.32. The van der Waals surface area contributed by atoms with Gasteiger partial charge in [0.2, 0.25) is 15.0 Å². The highest BCUT2D eigenvalue weighted by molar-refractivity contribution is 7.88. The van der Waals surface area contributed by atoms with Crippen molar-refractivity contribution in [3.63, 3.8) is 0 Å². The van der Waals surface area contributed by atoms with E-state index in [1.165, 1.54) is 11.3 Å². The van der Waals surface area contributed by atoms with Crippen LogP contribution in [-0.2, 0) is 15.8 Å². The molecule has 1 aromatic carbocycles. The molecule has 2 aromatic heterocycles. The van der Waals surface area contributed by atoms with E-state index in [0.717, 1.165) is 28.4 Å². The average Bonchev–Trinajstić information content (AvgIpc) is 3.17. The molecular weight excluding hydrogens is 346 g/mol. The van der Waals surface area contributed by atoms with Gasteiger partial charge in [0, 0.05) is 19.0 Å². The number of hydrogen-bond acceptors (Lipinski definition) is 6. The van der Waals surface area contributed by atoms with Gasteiger partial charge in [-0.25, -0.2) is 12.7 Å². The lowest BCUT2D eigenvalue weighted by atomic mass is 9.99. The van der Waals surface area contributed by atoms with Crippen LogP contribution in [0.5, 0.6) is 0 Å². The Balaban J connectivity index is 1.42. The Kier molecular flexibility index (Phi) is 4.07. The van der Waals surface area contributed by atoms with Gasteiger partial charge >= 0.3 is 0 Å². The van der Waals surface area contributed by atoms with Gasteiger partial charge in [-0.05, 0) is 18.4 Å². The summed E-state index contributed by atoms with van der Waals surface area (Å²) >= 11 is 1.53. The lowest BCUT2D eigenvalue weighted by molar-refractivity contribution is 0.318. The minimum absolute atomic E-state index is 0.0647. The summed E-state index contributed by atoms with van der Waals surface area (Å²) in [6, 6.07) is 9.32. The zero-order valence-electron chi connectivity index (χ0n) is 12.9. The van der Waals surface area contributed by atoms with Crippen LogP contribution in [0, 0.1) is 0 Å². The first kappa shape index (κ1) is 15.7. The molecule has 0 unspecified atom stereocenters. The molecule has 0 saturated carbocycles. The van der Waals surface area contributed by atoms with Gasteiger partial charge in [0.05, 0.1) is 5.75 Å². The molecule has 0 N–H and O–H groups in total. The van der Waals surface area contributed by atoms with Gasteiger partial charge in [0.1, 0.15) is 11.3 Å². The summed E-state index contributed by atoms with van der Waals surface area (Å²) < 4.78 is 28.5. The van der Waals surface area contributed by atoms with E-state index >= 15 is 0 Å². The maximum Gasteiger partial charge on any atom is 0.234 e. The van der Waals surface area contributed by atoms with Crippen LogP contribution in [0.3, 0.4) is 0 Å². The van der Waals surface area contributed by atoms with Crippen LogP contribution in [0.2, 0.25) is 0 Å². The SMILES string of the molecule is O=S(=O)(Cc1ccccc1)N1CCC(c2nn3cnnc3s2)CC1. The number of benzene rings is 1. The Bertz CT molecular complexity index is 899. The van der Waals surface area contributed by atoms with Crippen LogP contribution in [0.25, 0.3) is 4.96 Å². The summed E-state index contributed by atoms with van der Waals surface area (Å²) in [4.78, 5) is 0.782. The van der Waals surface area contributed by atoms with Gasteiger partial charge in [-0.2, -0.15) is 9.61 Å². The Labute approximate surface area is 144 Å². The molecule has 0 bridgehead atoms. The molecule has 1 fully saturated rings. The molecule has 0 atom stereocenters. The predicted octanol–water partition coefficient (Wildman–Crippen LogP) is 1.90. The first-order valence-electron chi connectivity index (χ1n) is 7.80. The standard InChI is InChI=1S/C15H17N5O2S2/c21-24(22,10-12-4-2-1-3-5-12)19-8-6-13(7-9-19)14-18-20-11-16-17-15(20)23-14/h1-5,11,13H,6-10H2. The van der Waals surface area contributed by atoms with Gasteiger partial charge in [0.25, 0.3) is 0 Å². The normalized spacial score (nSPS) is 17.5. The van der Waals surface area contributed by atoms with E-state index < -0.39 is 10.0 Å². The molecule has 1 aliphatic heterocycles. The molecule has 1 saturated heterocycles. The number of nitrogens with zero attached hydrogens (tertiary/aromatic N) is 5. The van der Waals surface area contributed by atoms with E-state index in [9.17, 15) is 8.42 Å². The van der Waals surface area contributed by atoms with Crippen molar-refractivity contribution in [1.29, 1.82) is 0 Å². The Hall–Kier alpha value is -1.84. The van der Waals surface area contributed by atoms with Crippen molar-refractivity contribution in [3.05, 3.63) is 47.2 Å². The Morgan fingerprint density at radius 1 is 1.17 bits per heavy atom. The Morgan fingerprint density at radius 2 is 1.92 bits per heavy atom. The van der Waals surface area contributed by atoms with Crippen LogP contribution in [0.4, 0.5) is 0 Å². The van der Waals surface area contributed by atoms with E-state index in [0.29, 0.717) is 19.0 Å². The maximum absolute atomic E-state index is 12.6. The minimum Gasteiger partial charge on any atom is -0.212 e. The second-order valence-corrected chi connectivity index (χ2v) is 8.87. The fraction of sp³-hybridized carbons (Fsp3) is 0.400. The van der Waals surface area contributed by atoms with Crippen molar-refractivity contribution >= 4 is 26.3 Å². The minimum atomic E-state index is -3.27. The van der Waals surface area contributed by atoms with Crippen LogP contribution >= 0.6 is 11.3 Å². The smallest absolute Gasteiger partial charge is 0.212 e. The molecule has 24 heavy (non-hydrogen) atoms. The molecule has 1 aliphatic rings. The largest absolute Gasteiger partial charge is 0.234 e. The summed E-state index contributed by atoms with van der Waals surface area (Å²) in [6.45, 7) is 1.08. The molecule has 4 rings (SSSR count). The number of rotatable bonds is 4. The van der Waals surface area contributed by atoms with Crippen molar-refractivity contribution in [1.82, 2.24) is 24.1 Å². The average molecular weight is 363 g/mol. The van der Waals surface area contributed by atoms with Crippen molar-refractivity contribution in [2.45, 2.75) is 24.5 Å². The van der Waals surface area contributed by atoms with Crippen molar-refractivity contribution in [2.75, 3.05) is 13.1 Å². The van der Waals surface area contributed by atoms with Gasteiger partial charge in [0.15, 0.2) is 0 Å². The lowest BCUT2D eigenvalue weighted by Gasteiger charge is -2.30. The lowest BCUT2D eigenvalue weighted by Crippen LogP contribution is -2.38. The van der Waals surface area contributed by atoms with Gasteiger partial charge in [-0.15, -0.1) is 10.2 Å². The van der Waals surface area contributed by atoms with Gasteiger partial charge < -0.3 is 0 Å². The maximum atomic E-state index is 12.6. The second kappa shape index (κ2) is 6.23. The third-order valence-electron chi connectivity index (χ3n) is 4.29. The second-order valence-electron chi connectivity index (χ2n) is 5.91. The summed E-state index contributed by atoms with van der Waals surface area (Å²) in [5.41, 5.74) is 0.827.